The molecule has 0 bridgehead atoms. The van der Waals surface area contributed by atoms with E-state index in [2.05, 4.69) is 10.6 Å². The van der Waals surface area contributed by atoms with Crippen molar-refractivity contribution in [3.63, 3.8) is 0 Å². The molecule has 1 saturated carbocycles. The van der Waals surface area contributed by atoms with E-state index in [1.165, 1.54) is 12.1 Å². The number of halogens is 1. The van der Waals surface area contributed by atoms with Gasteiger partial charge in [-0.3, -0.25) is 9.69 Å². The minimum atomic E-state index is -0.706. The molecule has 144 valence electrons. The zero-order valence-corrected chi connectivity index (χ0v) is 15.8. The lowest BCUT2D eigenvalue weighted by molar-refractivity contribution is -0.113. The van der Waals surface area contributed by atoms with Gasteiger partial charge in [0.2, 0.25) is 0 Å². The molecule has 5 nitrogen and oxygen atoms in total. The number of benzene rings is 2. The van der Waals surface area contributed by atoms with Gasteiger partial charge in [-0.25, -0.2) is 9.18 Å². The van der Waals surface area contributed by atoms with Crippen LogP contribution in [0.1, 0.15) is 36.9 Å². The lowest BCUT2D eigenvalue weighted by Crippen LogP contribution is -2.49. The van der Waals surface area contributed by atoms with E-state index in [0.717, 1.165) is 18.4 Å². The van der Waals surface area contributed by atoms with E-state index in [9.17, 15) is 14.0 Å². The number of carbonyl (C=O) groups excluding carboxylic acids is 2. The quantitative estimate of drug-likeness (QED) is 0.833. The number of hydrogen-bond acceptors (Lipinski definition) is 2. The smallest absolute Gasteiger partial charge is 0.322 e. The Morgan fingerprint density at radius 2 is 1.89 bits per heavy atom. The van der Waals surface area contributed by atoms with Crippen molar-refractivity contribution in [3.05, 3.63) is 76.7 Å². The topological polar surface area (TPSA) is 61.4 Å². The summed E-state index contributed by atoms with van der Waals surface area (Å²) in [5.41, 5.74) is 3.24. The molecule has 0 saturated heterocycles. The Morgan fingerprint density at radius 3 is 2.57 bits per heavy atom. The lowest BCUT2D eigenvalue weighted by atomic mass is 9.94. The summed E-state index contributed by atoms with van der Waals surface area (Å²) in [5.74, 6) is -0.709. The van der Waals surface area contributed by atoms with Gasteiger partial charge in [0, 0.05) is 17.4 Å². The molecule has 3 amide bonds. The standard InChI is InChI=1S/C22H22FN3O2/c1-13-6-3-4-9-18(13)24-21(27)19-14(2)26(17-10-11-17)22(28)25-20(19)15-7-5-8-16(23)12-15/h3-9,12,17,20H,10-11H2,1-2H3,(H,24,27)(H,25,28). The van der Waals surface area contributed by atoms with Crippen LogP contribution in [0.25, 0.3) is 0 Å². The van der Waals surface area contributed by atoms with Crippen LogP contribution in [0, 0.1) is 12.7 Å². The number of rotatable bonds is 4. The number of amides is 3. The number of allylic oxidation sites excluding steroid dienone is 1. The molecule has 2 aromatic carbocycles. The maximum absolute atomic E-state index is 13.8. The minimum absolute atomic E-state index is 0.120. The number of para-hydroxylation sites is 1. The lowest BCUT2D eigenvalue weighted by Gasteiger charge is -2.36. The van der Waals surface area contributed by atoms with Crippen LogP contribution >= 0.6 is 0 Å². The van der Waals surface area contributed by atoms with E-state index in [-0.39, 0.29) is 18.0 Å². The van der Waals surface area contributed by atoms with Crippen molar-refractivity contribution in [2.24, 2.45) is 0 Å². The molecular formula is C22H22FN3O2. The summed E-state index contributed by atoms with van der Waals surface area (Å²) in [7, 11) is 0. The molecular weight excluding hydrogens is 357 g/mol. The normalized spacial score (nSPS) is 19.5. The third-order valence-corrected chi connectivity index (χ3v) is 5.26. The number of nitrogens with zero attached hydrogens (tertiary/aromatic N) is 1. The molecule has 0 radical (unpaired) electrons. The molecule has 1 aliphatic heterocycles. The van der Waals surface area contributed by atoms with Gasteiger partial charge in [-0.1, -0.05) is 30.3 Å². The van der Waals surface area contributed by atoms with Crippen LogP contribution < -0.4 is 10.6 Å². The molecule has 2 aromatic rings. The third kappa shape index (κ3) is 3.38. The van der Waals surface area contributed by atoms with Gasteiger partial charge >= 0.3 is 6.03 Å². The van der Waals surface area contributed by atoms with Gasteiger partial charge in [0.05, 0.1) is 11.6 Å². The Morgan fingerprint density at radius 1 is 1.14 bits per heavy atom. The molecule has 2 N–H and O–H groups in total. The Bertz CT molecular complexity index is 981. The van der Waals surface area contributed by atoms with Gasteiger partial charge in [0.15, 0.2) is 0 Å². The van der Waals surface area contributed by atoms with Crippen LogP contribution in [0.5, 0.6) is 0 Å². The summed E-state index contributed by atoms with van der Waals surface area (Å²) in [4.78, 5) is 27.6. The number of carbonyl (C=O) groups is 2. The Hall–Kier alpha value is -3.15. The number of hydrogen-bond donors (Lipinski definition) is 2. The van der Waals surface area contributed by atoms with Crippen molar-refractivity contribution in [3.8, 4) is 0 Å². The molecule has 28 heavy (non-hydrogen) atoms. The third-order valence-electron chi connectivity index (χ3n) is 5.26. The van der Waals surface area contributed by atoms with E-state index >= 15 is 0 Å². The second-order valence-corrected chi connectivity index (χ2v) is 7.31. The molecule has 1 unspecified atom stereocenters. The fourth-order valence-corrected chi connectivity index (χ4v) is 3.66. The number of aryl methyl sites for hydroxylation is 1. The highest BCUT2D eigenvalue weighted by molar-refractivity contribution is 6.07. The van der Waals surface area contributed by atoms with Gasteiger partial charge in [-0.15, -0.1) is 0 Å². The van der Waals surface area contributed by atoms with Gasteiger partial charge in [0.25, 0.3) is 5.91 Å². The average molecular weight is 379 g/mol. The van der Waals surface area contributed by atoms with Gasteiger partial charge in [-0.05, 0) is 56.0 Å². The maximum atomic E-state index is 13.8. The second-order valence-electron chi connectivity index (χ2n) is 7.31. The average Bonchev–Trinajstić information content (AvgIpc) is 3.48. The van der Waals surface area contributed by atoms with E-state index < -0.39 is 11.9 Å². The highest BCUT2D eigenvalue weighted by atomic mass is 19.1. The van der Waals surface area contributed by atoms with E-state index in [1.807, 2.05) is 31.2 Å². The summed E-state index contributed by atoms with van der Waals surface area (Å²) < 4.78 is 13.8. The van der Waals surface area contributed by atoms with Crippen molar-refractivity contribution in [2.45, 2.75) is 38.8 Å². The van der Waals surface area contributed by atoms with E-state index in [4.69, 9.17) is 0 Å². The fourth-order valence-electron chi connectivity index (χ4n) is 3.66. The summed E-state index contributed by atoms with van der Waals surface area (Å²) in [6.07, 6.45) is 1.84. The Labute approximate surface area is 163 Å². The van der Waals surface area contributed by atoms with Crippen molar-refractivity contribution >= 4 is 17.6 Å². The minimum Gasteiger partial charge on any atom is -0.326 e. The molecule has 4 rings (SSSR count). The van der Waals surface area contributed by atoms with Crippen molar-refractivity contribution < 1.29 is 14.0 Å². The molecule has 0 spiro atoms. The maximum Gasteiger partial charge on any atom is 0.322 e. The van der Waals surface area contributed by atoms with Crippen LogP contribution in [0.2, 0.25) is 0 Å². The number of urea groups is 1. The molecule has 2 aliphatic rings. The first-order valence-electron chi connectivity index (χ1n) is 9.38. The zero-order chi connectivity index (χ0) is 19.8. The summed E-state index contributed by atoms with van der Waals surface area (Å²) in [6.45, 7) is 3.70. The summed E-state index contributed by atoms with van der Waals surface area (Å²) in [5, 5.41) is 5.85. The predicted molar refractivity (Wildman–Crippen MR) is 105 cm³/mol. The van der Waals surface area contributed by atoms with Crippen molar-refractivity contribution in [2.75, 3.05) is 5.32 Å². The van der Waals surface area contributed by atoms with Gasteiger partial charge < -0.3 is 10.6 Å². The van der Waals surface area contributed by atoms with E-state index in [0.29, 0.717) is 22.5 Å². The molecule has 1 heterocycles. The first kappa shape index (κ1) is 18.2. The molecule has 1 atom stereocenters. The van der Waals surface area contributed by atoms with E-state index in [1.54, 1.807) is 24.0 Å². The van der Waals surface area contributed by atoms with Crippen molar-refractivity contribution in [1.29, 1.82) is 0 Å². The first-order chi connectivity index (χ1) is 13.5. The molecule has 1 fully saturated rings. The predicted octanol–water partition coefficient (Wildman–Crippen LogP) is 4.28. The largest absolute Gasteiger partial charge is 0.326 e. The van der Waals surface area contributed by atoms with Crippen LogP contribution in [0.3, 0.4) is 0 Å². The fraction of sp³-hybridized carbons (Fsp3) is 0.273. The van der Waals surface area contributed by atoms with Crippen LogP contribution in [-0.4, -0.2) is 22.9 Å². The van der Waals surface area contributed by atoms with Crippen molar-refractivity contribution in [1.82, 2.24) is 10.2 Å². The van der Waals surface area contributed by atoms with Gasteiger partial charge in [-0.2, -0.15) is 0 Å². The molecule has 6 heteroatoms. The van der Waals surface area contributed by atoms with Crippen LogP contribution in [0.15, 0.2) is 59.8 Å². The van der Waals surface area contributed by atoms with Crippen LogP contribution in [0.4, 0.5) is 14.9 Å². The Kier molecular flexibility index (Phi) is 4.63. The second kappa shape index (κ2) is 7.11. The SMILES string of the molecule is CC1=C(C(=O)Nc2ccccc2C)C(c2cccc(F)c2)NC(=O)N1C1CC1. The highest BCUT2D eigenvalue weighted by Gasteiger charge is 2.42. The number of anilines is 1. The Balaban J connectivity index is 1.76. The zero-order valence-electron chi connectivity index (χ0n) is 15.8. The molecule has 0 aromatic heterocycles. The summed E-state index contributed by atoms with van der Waals surface area (Å²) >= 11 is 0. The molecule has 1 aliphatic carbocycles. The summed E-state index contributed by atoms with van der Waals surface area (Å²) in [6, 6.07) is 12.7. The van der Waals surface area contributed by atoms with Gasteiger partial charge in [0.1, 0.15) is 5.82 Å². The monoisotopic (exact) mass is 379 g/mol. The highest BCUT2D eigenvalue weighted by Crippen LogP contribution is 2.38. The first-order valence-corrected chi connectivity index (χ1v) is 9.38. The number of nitrogens with one attached hydrogen (secondary N) is 2. The van der Waals surface area contributed by atoms with Crippen LogP contribution in [-0.2, 0) is 4.79 Å².